The zero-order valence-corrected chi connectivity index (χ0v) is 14.2. The fraction of sp³-hybridized carbons (Fsp3) is 0.0526. The summed E-state index contributed by atoms with van der Waals surface area (Å²) in [6.07, 6.45) is 0.633. The van der Waals surface area contributed by atoms with Gasteiger partial charge in [0.2, 0.25) is 5.91 Å². The van der Waals surface area contributed by atoms with Gasteiger partial charge in [0.25, 0.3) is 0 Å². The molecular formula is C19H13F2NO3S. The first-order chi connectivity index (χ1) is 12.5. The monoisotopic (exact) mass is 373 g/mol. The predicted octanol–water partition coefficient (Wildman–Crippen LogP) is 4.77. The van der Waals surface area contributed by atoms with Crippen molar-refractivity contribution in [3.05, 3.63) is 72.0 Å². The van der Waals surface area contributed by atoms with E-state index < -0.39 is 17.5 Å². The van der Waals surface area contributed by atoms with Gasteiger partial charge in [-0.3, -0.25) is 9.59 Å². The zero-order valence-electron chi connectivity index (χ0n) is 13.4. The molecule has 0 saturated heterocycles. The maximum Gasteiger partial charge on any atom is 0.234 e. The largest absolute Gasteiger partial charge is 0.453 e. The fourth-order valence-electron chi connectivity index (χ4n) is 2.22. The van der Waals surface area contributed by atoms with Crippen LogP contribution in [0.1, 0.15) is 10.6 Å². The molecule has 3 aromatic rings. The average molecular weight is 373 g/mol. The second kappa shape index (κ2) is 7.97. The SMILES string of the molecule is O=Cc1ccc(-c2ccc(SCC(=O)Nc3cc(F)ccc3F)cc2)o1. The summed E-state index contributed by atoms with van der Waals surface area (Å²) in [7, 11) is 0. The van der Waals surface area contributed by atoms with Gasteiger partial charge in [0.15, 0.2) is 12.0 Å². The predicted molar refractivity (Wildman–Crippen MR) is 95.2 cm³/mol. The Morgan fingerprint density at radius 3 is 2.54 bits per heavy atom. The van der Waals surface area contributed by atoms with Gasteiger partial charge in [-0.2, -0.15) is 0 Å². The third-order valence-electron chi connectivity index (χ3n) is 3.45. The van der Waals surface area contributed by atoms with Crippen LogP contribution in [0.3, 0.4) is 0 Å². The van der Waals surface area contributed by atoms with Crippen molar-refractivity contribution in [1.82, 2.24) is 0 Å². The van der Waals surface area contributed by atoms with E-state index in [-0.39, 0.29) is 17.2 Å². The Morgan fingerprint density at radius 2 is 1.85 bits per heavy atom. The Bertz CT molecular complexity index is 938. The number of carbonyl (C=O) groups excluding carboxylic acids is 2. The summed E-state index contributed by atoms with van der Waals surface area (Å²) in [5.74, 6) is -0.888. The van der Waals surface area contributed by atoms with Crippen LogP contribution in [-0.2, 0) is 4.79 Å². The van der Waals surface area contributed by atoms with Gasteiger partial charge in [0.05, 0.1) is 11.4 Å². The molecule has 0 spiro atoms. The Morgan fingerprint density at radius 1 is 1.08 bits per heavy atom. The molecule has 0 aliphatic heterocycles. The number of halogens is 2. The van der Waals surface area contributed by atoms with Gasteiger partial charge in [0, 0.05) is 16.5 Å². The standard InChI is InChI=1S/C19H13F2NO3S/c20-13-3-7-16(21)17(9-13)22-19(24)11-26-15-5-1-12(2-6-15)18-8-4-14(10-23)25-18/h1-10H,11H2,(H,22,24). The number of amides is 1. The molecule has 0 bridgehead atoms. The highest BCUT2D eigenvalue weighted by molar-refractivity contribution is 8.00. The van der Waals surface area contributed by atoms with E-state index in [2.05, 4.69) is 5.32 Å². The van der Waals surface area contributed by atoms with Crippen molar-refractivity contribution >= 4 is 29.6 Å². The third-order valence-corrected chi connectivity index (χ3v) is 4.47. The van der Waals surface area contributed by atoms with E-state index >= 15 is 0 Å². The molecule has 0 aliphatic rings. The van der Waals surface area contributed by atoms with E-state index in [1.165, 1.54) is 11.8 Å². The maximum absolute atomic E-state index is 13.5. The molecule has 7 heteroatoms. The van der Waals surface area contributed by atoms with Crippen LogP contribution >= 0.6 is 11.8 Å². The first-order valence-corrected chi connectivity index (χ1v) is 8.57. The van der Waals surface area contributed by atoms with Gasteiger partial charge < -0.3 is 9.73 Å². The highest BCUT2D eigenvalue weighted by Crippen LogP contribution is 2.26. The summed E-state index contributed by atoms with van der Waals surface area (Å²) in [6.45, 7) is 0. The molecular weight excluding hydrogens is 360 g/mol. The molecule has 1 N–H and O–H groups in total. The first-order valence-electron chi connectivity index (χ1n) is 7.58. The molecule has 3 rings (SSSR count). The van der Waals surface area contributed by atoms with Crippen molar-refractivity contribution in [1.29, 1.82) is 0 Å². The molecule has 0 saturated carbocycles. The van der Waals surface area contributed by atoms with Gasteiger partial charge in [-0.05, 0) is 36.4 Å². The number of furan rings is 1. The van der Waals surface area contributed by atoms with Crippen molar-refractivity contribution < 1.29 is 22.8 Å². The van der Waals surface area contributed by atoms with Gasteiger partial charge >= 0.3 is 0 Å². The molecule has 0 unspecified atom stereocenters. The van der Waals surface area contributed by atoms with Crippen molar-refractivity contribution in [2.24, 2.45) is 0 Å². The van der Waals surface area contributed by atoms with Gasteiger partial charge in [0.1, 0.15) is 17.4 Å². The second-order valence-corrected chi connectivity index (χ2v) is 6.35. The van der Waals surface area contributed by atoms with Crippen molar-refractivity contribution in [2.45, 2.75) is 4.90 Å². The van der Waals surface area contributed by atoms with Crippen LogP contribution in [0.5, 0.6) is 0 Å². The maximum atomic E-state index is 13.5. The summed E-state index contributed by atoms with van der Waals surface area (Å²) in [5.41, 5.74) is 0.614. The molecule has 2 aromatic carbocycles. The number of anilines is 1. The number of nitrogens with one attached hydrogen (secondary N) is 1. The van der Waals surface area contributed by atoms with E-state index in [9.17, 15) is 18.4 Å². The van der Waals surface area contributed by atoms with Crippen molar-refractivity contribution in [3.63, 3.8) is 0 Å². The second-order valence-electron chi connectivity index (χ2n) is 5.31. The van der Waals surface area contributed by atoms with E-state index in [1.54, 1.807) is 36.4 Å². The van der Waals surface area contributed by atoms with Crippen LogP contribution in [0.15, 0.2) is 63.9 Å². The minimum absolute atomic E-state index is 0.0470. The number of aldehydes is 1. The summed E-state index contributed by atoms with van der Waals surface area (Å²) in [4.78, 5) is 23.4. The molecule has 0 atom stereocenters. The topological polar surface area (TPSA) is 59.3 Å². The van der Waals surface area contributed by atoms with Gasteiger partial charge in [-0.15, -0.1) is 11.8 Å². The lowest BCUT2D eigenvalue weighted by atomic mass is 10.2. The lowest BCUT2D eigenvalue weighted by Crippen LogP contribution is -2.15. The number of carbonyl (C=O) groups is 2. The molecule has 1 amide bonds. The van der Waals surface area contributed by atoms with Crippen LogP contribution in [0, 0.1) is 11.6 Å². The Labute approximate surface area is 152 Å². The highest BCUT2D eigenvalue weighted by Gasteiger charge is 2.09. The fourth-order valence-corrected chi connectivity index (χ4v) is 2.91. The van der Waals surface area contributed by atoms with E-state index in [0.29, 0.717) is 12.0 Å². The van der Waals surface area contributed by atoms with Gasteiger partial charge in [-0.25, -0.2) is 8.78 Å². The number of hydrogen-bond donors (Lipinski definition) is 1. The molecule has 132 valence electrons. The smallest absolute Gasteiger partial charge is 0.234 e. The summed E-state index contributed by atoms with van der Waals surface area (Å²) >= 11 is 1.26. The zero-order chi connectivity index (χ0) is 18.5. The van der Waals surface area contributed by atoms with Crippen LogP contribution in [0.2, 0.25) is 0 Å². The molecule has 0 radical (unpaired) electrons. The van der Waals surface area contributed by atoms with E-state index in [4.69, 9.17) is 4.42 Å². The summed E-state index contributed by atoms with van der Waals surface area (Å²) < 4.78 is 31.9. The van der Waals surface area contributed by atoms with Crippen LogP contribution in [0.25, 0.3) is 11.3 Å². The lowest BCUT2D eigenvalue weighted by molar-refractivity contribution is -0.113. The number of rotatable bonds is 6. The normalized spacial score (nSPS) is 10.5. The quantitative estimate of drug-likeness (QED) is 0.500. The number of thioether (sulfide) groups is 1. The molecule has 1 heterocycles. The lowest BCUT2D eigenvalue weighted by Gasteiger charge is -2.07. The molecule has 26 heavy (non-hydrogen) atoms. The van der Waals surface area contributed by atoms with Crippen LogP contribution in [0.4, 0.5) is 14.5 Å². The first kappa shape index (κ1) is 17.9. The minimum Gasteiger partial charge on any atom is -0.453 e. The summed E-state index contributed by atoms with van der Waals surface area (Å²) in [5, 5.41) is 2.34. The van der Waals surface area contributed by atoms with Gasteiger partial charge in [-0.1, -0.05) is 12.1 Å². The van der Waals surface area contributed by atoms with Crippen LogP contribution in [-0.4, -0.2) is 17.9 Å². The Hall–Kier alpha value is -2.93. The van der Waals surface area contributed by atoms with E-state index in [0.717, 1.165) is 28.7 Å². The molecule has 4 nitrogen and oxygen atoms in total. The summed E-state index contributed by atoms with van der Waals surface area (Å²) in [6, 6.07) is 13.4. The third kappa shape index (κ3) is 4.37. The average Bonchev–Trinajstić information content (AvgIpc) is 3.13. The number of hydrogen-bond acceptors (Lipinski definition) is 4. The van der Waals surface area contributed by atoms with E-state index in [1.807, 2.05) is 0 Å². The molecule has 0 aliphatic carbocycles. The molecule has 1 aromatic heterocycles. The Kier molecular flexibility index (Phi) is 5.48. The molecule has 0 fully saturated rings. The number of benzene rings is 2. The van der Waals surface area contributed by atoms with Crippen molar-refractivity contribution in [2.75, 3.05) is 11.1 Å². The highest BCUT2D eigenvalue weighted by atomic mass is 32.2. The van der Waals surface area contributed by atoms with Crippen LogP contribution < -0.4 is 5.32 Å². The Balaban J connectivity index is 1.58. The van der Waals surface area contributed by atoms with Crippen molar-refractivity contribution in [3.8, 4) is 11.3 Å². The minimum atomic E-state index is -0.692.